The summed E-state index contributed by atoms with van der Waals surface area (Å²) in [5.41, 5.74) is 0. The van der Waals surface area contributed by atoms with Gasteiger partial charge >= 0.3 is 6.03 Å². The third-order valence-corrected chi connectivity index (χ3v) is 2.14. The molecule has 0 saturated carbocycles. The van der Waals surface area contributed by atoms with Crippen LogP contribution in [0.25, 0.3) is 0 Å². The van der Waals surface area contributed by atoms with Crippen molar-refractivity contribution in [2.45, 2.75) is 18.6 Å². The highest BCUT2D eigenvalue weighted by Crippen LogP contribution is 2.20. The molecule has 2 heterocycles. The number of carbonyl (C=O) groups is 1. The van der Waals surface area contributed by atoms with Gasteiger partial charge in [-0.2, -0.15) is 0 Å². The molecule has 10 heavy (non-hydrogen) atoms. The first-order valence-corrected chi connectivity index (χ1v) is 3.50. The molecule has 2 amide bonds. The monoisotopic (exact) mass is 142 g/mol. The maximum atomic E-state index is 10.9. The van der Waals surface area contributed by atoms with Gasteiger partial charge in [-0.15, -0.1) is 0 Å². The number of nitrogens with zero attached hydrogens (tertiary/aromatic N) is 1. The predicted molar refractivity (Wildman–Crippen MR) is 34.5 cm³/mol. The van der Waals surface area contributed by atoms with Crippen LogP contribution in [0, 0.1) is 0 Å². The molecule has 2 saturated heterocycles. The van der Waals surface area contributed by atoms with E-state index in [-0.39, 0.29) is 18.2 Å². The summed E-state index contributed by atoms with van der Waals surface area (Å²) in [6.07, 6.45) is 0.440. The summed E-state index contributed by atoms with van der Waals surface area (Å²) in [5.74, 6) is 0. The highest BCUT2D eigenvalue weighted by atomic mass is 16.3. The molecule has 0 aromatic carbocycles. The van der Waals surface area contributed by atoms with Crippen LogP contribution in [-0.2, 0) is 0 Å². The maximum Gasteiger partial charge on any atom is 0.317 e. The molecule has 0 spiro atoms. The number of urea groups is 1. The Bertz CT molecular complexity index is 171. The van der Waals surface area contributed by atoms with Crippen molar-refractivity contribution in [3.05, 3.63) is 0 Å². The summed E-state index contributed by atoms with van der Waals surface area (Å²) in [4.78, 5) is 12.6. The van der Waals surface area contributed by atoms with Gasteiger partial charge in [-0.1, -0.05) is 0 Å². The third-order valence-electron chi connectivity index (χ3n) is 2.14. The van der Waals surface area contributed by atoms with Crippen LogP contribution in [0.5, 0.6) is 0 Å². The molecule has 0 bridgehead atoms. The molecule has 0 aromatic rings. The summed E-state index contributed by atoms with van der Waals surface area (Å²) < 4.78 is 0. The van der Waals surface area contributed by atoms with Gasteiger partial charge in [-0.25, -0.2) is 4.79 Å². The Morgan fingerprint density at radius 1 is 1.70 bits per heavy atom. The molecule has 2 atom stereocenters. The SMILES string of the molecule is O=C1NCC2CC(O)CN12. The van der Waals surface area contributed by atoms with Gasteiger partial charge in [0.25, 0.3) is 0 Å². The minimum Gasteiger partial charge on any atom is -0.391 e. The zero-order valence-electron chi connectivity index (χ0n) is 5.58. The standard InChI is InChI=1S/C6H10N2O2/c9-5-1-4-2-7-6(10)8(4)3-5/h4-5,9H,1-3H2,(H,7,10). The van der Waals surface area contributed by atoms with E-state index in [1.165, 1.54) is 0 Å². The Morgan fingerprint density at radius 2 is 2.50 bits per heavy atom. The predicted octanol–water partition coefficient (Wildman–Crippen LogP) is -0.855. The van der Waals surface area contributed by atoms with Gasteiger partial charge in [0.1, 0.15) is 0 Å². The molecule has 4 heteroatoms. The maximum absolute atomic E-state index is 10.9. The number of rotatable bonds is 0. The minimum absolute atomic E-state index is 0.0263. The number of hydrogen-bond donors (Lipinski definition) is 2. The fourth-order valence-corrected chi connectivity index (χ4v) is 1.64. The Morgan fingerprint density at radius 3 is 3.20 bits per heavy atom. The minimum atomic E-state index is -0.295. The summed E-state index contributed by atoms with van der Waals surface area (Å²) in [7, 11) is 0. The largest absolute Gasteiger partial charge is 0.391 e. The number of carbonyl (C=O) groups excluding carboxylic acids is 1. The topological polar surface area (TPSA) is 52.6 Å². The van der Waals surface area contributed by atoms with Crippen molar-refractivity contribution in [3.63, 3.8) is 0 Å². The normalized spacial score (nSPS) is 38.1. The fourth-order valence-electron chi connectivity index (χ4n) is 1.64. The molecular formula is C6H10N2O2. The highest BCUT2D eigenvalue weighted by molar-refractivity contribution is 5.77. The van der Waals surface area contributed by atoms with E-state index in [9.17, 15) is 4.79 Å². The van der Waals surface area contributed by atoms with Crippen LogP contribution in [0.3, 0.4) is 0 Å². The van der Waals surface area contributed by atoms with E-state index in [0.29, 0.717) is 13.1 Å². The first-order valence-electron chi connectivity index (χ1n) is 3.50. The second kappa shape index (κ2) is 1.85. The van der Waals surface area contributed by atoms with Crippen LogP contribution in [0.2, 0.25) is 0 Å². The van der Waals surface area contributed by atoms with E-state index in [4.69, 9.17) is 5.11 Å². The average Bonchev–Trinajstić information content (AvgIpc) is 2.35. The third kappa shape index (κ3) is 0.686. The van der Waals surface area contributed by atoms with E-state index >= 15 is 0 Å². The molecule has 56 valence electrons. The molecule has 2 fully saturated rings. The Hall–Kier alpha value is -0.770. The Kier molecular flexibility index (Phi) is 1.11. The lowest BCUT2D eigenvalue weighted by molar-refractivity contribution is 0.174. The van der Waals surface area contributed by atoms with Gasteiger partial charge in [0.2, 0.25) is 0 Å². The molecule has 2 N–H and O–H groups in total. The number of nitrogens with one attached hydrogen (secondary N) is 1. The highest BCUT2D eigenvalue weighted by Gasteiger charge is 2.38. The molecule has 0 aromatic heterocycles. The molecule has 2 aliphatic rings. The summed E-state index contributed by atoms with van der Waals surface area (Å²) in [5, 5.41) is 11.8. The molecule has 0 aliphatic carbocycles. The number of amides is 2. The van der Waals surface area contributed by atoms with Gasteiger partial charge in [0, 0.05) is 13.1 Å². The van der Waals surface area contributed by atoms with Crippen molar-refractivity contribution in [2.75, 3.05) is 13.1 Å². The van der Waals surface area contributed by atoms with Crippen LogP contribution in [0.15, 0.2) is 0 Å². The number of fused-ring (bicyclic) bond motifs is 1. The van der Waals surface area contributed by atoms with Crippen LogP contribution in [0.4, 0.5) is 4.79 Å². The van der Waals surface area contributed by atoms with Gasteiger partial charge in [-0.3, -0.25) is 0 Å². The van der Waals surface area contributed by atoms with Gasteiger partial charge in [0.15, 0.2) is 0 Å². The lowest BCUT2D eigenvalue weighted by Crippen LogP contribution is -2.30. The zero-order valence-corrected chi connectivity index (χ0v) is 5.58. The number of hydrogen-bond acceptors (Lipinski definition) is 2. The van der Waals surface area contributed by atoms with E-state index < -0.39 is 0 Å². The van der Waals surface area contributed by atoms with E-state index in [0.717, 1.165) is 6.42 Å². The molecule has 0 radical (unpaired) electrons. The number of aliphatic hydroxyl groups is 1. The van der Waals surface area contributed by atoms with Gasteiger partial charge in [-0.05, 0) is 6.42 Å². The van der Waals surface area contributed by atoms with E-state index in [1.54, 1.807) is 4.90 Å². The van der Waals surface area contributed by atoms with Crippen LogP contribution >= 0.6 is 0 Å². The molecule has 2 rings (SSSR count). The van der Waals surface area contributed by atoms with E-state index in [2.05, 4.69) is 5.32 Å². The fraction of sp³-hybridized carbons (Fsp3) is 0.833. The smallest absolute Gasteiger partial charge is 0.317 e. The van der Waals surface area contributed by atoms with Gasteiger partial charge < -0.3 is 15.3 Å². The molecular weight excluding hydrogens is 132 g/mol. The van der Waals surface area contributed by atoms with Crippen molar-refractivity contribution >= 4 is 6.03 Å². The van der Waals surface area contributed by atoms with E-state index in [1.807, 2.05) is 0 Å². The Labute approximate surface area is 58.8 Å². The van der Waals surface area contributed by atoms with Crippen molar-refractivity contribution in [2.24, 2.45) is 0 Å². The Balaban J connectivity index is 2.12. The van der Waals surface area contributed by atoms with Crippen molar-refractivity contribution < 1.29 is 9.90 Å². The quantitative estimate of drug-likeness (QED) is 0.462. The summed E-state index contributed by atoms with van der Waals surface area (Å²) in [6.45, 7) is 1.21. The first kappa shape index (κ1) is 5.97. The number of aliphatic hydroxyl groups excluding tert-OH is 1. The second-order valence-electron chi connectivity index (χ2n) is 2.88. The van der Waals surface area contributed by atoms with Crippen LogP contribution in [0.1, 0.15) is 6.42 Å². The summed E-state index contributed by atoms with van der Waals surface area (Å²) in [6, 6.07) is 0.226. The lowest BCUT2D eigenvalue weighted by atomic mass is 10.2. The van der Waals surface area contributed by atoms with Crippen LogP contribution in [-0.4, -0.2) is 41.3 Å². The second-order valence-corrected chi connectivity index (χ2v) is 2.88. The van der Waals surface area contributed by atoms with Gasteiger partial charge in [0.05, 0.1) is 12.1 Å². The average molecular weight is 142 g/mol. The molecule has 2 unspecified atom stereocenters. The zero-order chi connectivity index (χ0) is 7.14. The van der Waals surface area contributed by atoms with Crippen molar-refractivity contribution in [1.82, 2.24) is 10.2 Å². The summed E-state index contributed by atoms with van der Waals surface area (Å²) >= 11 is 0. The van der Waals surface area contributed by atoms with Crippen molar-refractivity contribution in [3.8, 4) is 0 Å². The molecule has 4 nitrogen and oxygen atoms in total. The lowest BCUT2D eigenvalue weighted by Gasteiger charge is -2.10. The van der Waals surface area contributed by atoms with Crippen LogP contribution < -0.4 is 5.32 Å². The van der Waals surface area contributed by atoms with Crippen molar-refractivity contribution in [1.29, 1.82) is 0 Å². The first-order chi connectivity index (χ1) is 4.77. The molecule has 2 aliphatic heterocycles.